The van der Waals surface area contributed by atoms with Gasteiger partial charge in [0.05, 0.1) is 5.02 Å². The molecule has 20 heavy (non-hydrogen) atoms. The second kappa shape index (κ2) is 6.76. The molecule has 2 rings (SSSR count). The molecule has 2 aromatic rings. The Morgan fingerprint density at radius 1 is 1.10 bits per heavy atom. The van der Waals surface area contributed by atoms with Crippen LogP contribution in [0.15, 0.2) is 40.9 Å². The molecule has 6 heteroatoms. The average molecular weight is 390 g/mol. The van der Waals surface area contributed by atoms with E-state index in [1.165, 1.54) is 0 Å². The first-order chi connectivity index (χ1) is 9.47. The molecule has 2 aromatic carbocycles. The van der Waals surface area contributed by atoms with Gasteiger partial charge in [0.1, 0.15) is 0 Å². The van der Waals surface area contributed by atoms with Crippen LogP contribution in [-0.4, -0.2) is 5.11 Å². The zero-order chi connectivity index (χ0) is 14.7. The van der Waals surface area contributed by atoms with Crippen molar-refractivity contribution in [2.24, 2.45) is 0 Å². The summed E-state index contributed by atoms with van der Waals surface area (Å²) in [4.78, 5) is 0. The van der Waals surface area contributed by atoms with Crippen molar-refractivity contribution in [2.45, 2.75) is 6.92 Å². The van der Waals surface area contributed by atoms with Gasteiger partial charge < -0.3 is 10.6 Å². The number of benzene rings is 2. The van der Waals surface area contributed by atoms with E-state index in [9.17, 15) is 0 Å². The lowest BCUT2D eigenvalue weighted by Gasteiger charge is -2.13. The third-order valence-electron chi connectivity index (χ3n) is 2.69. The molecule has 0 radical (unpaired) electrons. The molecule has 0 aliphatic heterocycles. The van der Waals surface area contributed by atoms with E-state index in [4.69, 9.17) is 35.4 Å². The minimum Gasteiger partial charge on any atom is -0.332 e. The van der Waals surface area contributed by atoms with Crippen molar-refractivity contribution in [3.05, 3.63) is 56.5 Å². The van der Waals surface area contributed by atoms with Gasteiger partial charge in [0.15, 0.2) is 5.11 Å². The highest BCUT2D eigenvalue weighted by Crippen LogP contribution is 2.26. The van der Waals surface area contributed by atoms with Gasteiger partial charge in [0.25, 0.3) is 0 Å². The van der Waals surface area contributed by atoms with Gasteiger partial charge in [-0.2, -0.15) is 0 Å². The smallest absolute Gasteiger partial charge is 0.175 e. The summed E-state index contributed by atoms with van der Waals surface area (Å²) in [6.45, 7) is 1.93. The van der Waals surface area contributed by atoms with Gasteiger partial charge in [-0.3, -0.25) is 0 Å². The van der Waals surface area contributed by atoms with E-state index in [0.717, 1.165) is 21.4 Å². The molecule has 0 unspecified atom stereocenters. The molecule has 2 N–H and O–H groups in total. The van der Waals surface area contributed by atoms with E-state index in [1.54, 1.807) is 6.07 Å². The lowest BCUT2D eigenvalue weighted by atomic mass is 10.2. The molecule has 0 saturated heterocycles. The summed E-state index contributed by atoms with van der Waals surface area (Å²) >= 11 is 20.7. The fraction of sp³-hybridized carbons (Fsp3) is 0.0714. The Morgan fingerprint density at radius 2 is 1.85 bits per heavy atom. The van der Waals surface area contributed by atoms with Crippen LogP contribution in [0.3, 0.4) is 0 Å². The first kappa shape index (κ1) is 15.6. The summed E-state index contributed by atoms with van der Waals surface area (Å²) in [6, 6.07) is 11.2. The van der Waals surface area contributed by atoms with Gasteiger partial charge in [0.2, 0.25) is 0 Å². The molecule has 0 spiro atoms. The fourth-order valence-electron chi connectivity index (χ4n) is 1.60. The standard InChI is InChI=1S/C14H11BrCl2N2S/c1-8-11(16)3-2-4-13(8)19-14(20)18-9-5-6-10(15)12(17)7-9/h2-7H,1H3,(H2,18,19,20). The lowest BCUT2D eigenvalue weighted by molar-refractivity contribution is 1.45. The quantitative estimate of drug-likeness (QED) is 0.627. The lowest BCUT2D eigenvalue weighted by Crippen LogP contribution is -2.19. The first-order valence-electron chi connectivity index (χ1n) is 5.75. The molecule has 0 heterocycles. The van der Waals surface area contributed by atoms with Crippen LogP contribution in [0, 0.1) is 6.92 Å². The van der Waals surface area contributed by atoms with Crippen LogP contribution >= 0.6 is 51.3 Å². The number of hydrogen-bond donors (Lipinski definition) is 2. The number of thiocarbonyl (C=S) groups is 1. The molecule has 2 nitrogen and oxygen atoms in total. The maximum Gasteiger partial charge on any atom is 0.175 e. The fourth-order valence-corrected chi connectivity index (χ4v) is 2.43. The van der Waals surface area contributed by atoms with Crippen LogP contribution in [0.25, 0.3) is 0 Å². The number of anilines is 2. The maximum absolute atomic E-state index is 6.07. The predicted octanol–water partition coefficient (Wildman–Crippen LogP) is 5.87. The number of rotatable bonds is 2. The number of halogens is 3. The molecule has 0 aromatic heterocycles. The van der Waals surface area contributed by atoms with Crippen LogP contribution in [0.5, 0.6) is 0 Å². The minimum absolute atomic E-state index is 0.480. The number of nitrogens with one attached hydrogen (secondary N) is 2. The predicted molar refractivity (Wildman–Crippen MR) is 95.2 cm³/mol. The van der Waals surface area contributed by atoms with Gasteiger partial charge >= 0.3 is 0 Å². The minimum atomic E-state index is 0.480. The van der Waals surface area contributed by atoms with E-state index >= 15 is 0 Å². The van der Waals surface area contributed by atoms with Gasteiger partial charge in [-0.1, -0.05) is 29.3 Å². The Labute approximate surface area is 141 Å². The van der Waals surface area contributed by atoms with Crippen molar-refractivity contribution < 1.29 is 0 Å². The van der Waals surface area contributed by atoms with E-state index in [-0.39, 0.29) is 0 Å². The Kier molecular flexibility index (Phi) is 5.27. The highest BCUT2D eigenvalue weighted by atomic mass is 79.9. The summed E-state index contributed by atoms with van der Waals surface area (Å²) in [7, 11) is 0. The summed E-state index contributed by atoms with van der Waals surface area (Å²) < 4.78 is 0.842. The third kappa shape index (κ3) is 3.85. The molecular formula is C14H11BrCl2N2S. The zero-order valence-corrected chi connectivity index (χ0v) is 14.4. The van der Waals surface area contributed by atoms with Crippen LogP contribution < -0.4 is 10.6 Å². The van der Waals surface area contributed by atoms with Gasteiger partial charge in [-0.05, 0) is 71.0 Å². The molecular weight excluding hydrogens is 379 g/mol. The first-order valence-corrected chi connectivity index (χ1v) is 7.71. The van der Waals surface area contributed by atoms with E-state index in [0.29, 0.717) is 15.2 Å². The molecule has 0 saturated carbocycles. The largest absolute Gasteiger partial charge is 0.332 e. The van der Waals surface area contributed by atoms with Gasteiger partial charge in [-0.25, -0.2) is 0 Å². The zero-order valence-electron chi connectivity index (χ0n) is 10.5. The molecule has 0 bridgehead atoms. The van der Waals surface area contributed by atoms with Crippen molar-refractivity contribution in [2.75, 3.05) is 10.6 Å². The van der Waals surface area contributed by atoms with Crippen LogP contribution in [0.4, 0.5) is 11.4 Å². The van der Waals surface area contributed by atoms with Crippen molar-refractivity contribution in [3.8, 4) is 0 Å². The Hall–Kier alpha value is -0.810. The molecule has 0 aliphatic rings. The average Bonchev–Trinajstić information content (AvgIpc) is 2.39. The van der Waals surface area contributed by atoms with E-state index in [1.807, 2.05) is 37.3 Å². The van der Waals surface area contributed by atoms with Crippen molar-refractivity contribution in [1.82, 2.24) is 0 Å². The topological polar surface area (TPSA) is 24.1 Å². The second-order valence-electron chi connectivity index (χ2n) is 4.12. The monoisotopic (exact) mass is 388 g/mol. The SMILES string of the molecule is Cc1c(Cl)cccc1NC(=S)Nc1ccc(Br)c(Cl)c1. The van der Waals surface area contributed by atoms with Gasteiger partial charge in [0, 0.05) is 20.9 Å². The van der Waals surface area contributed by atoms with Crippen LogP contribution in [0.1, 0.15) is 5.56 Å². The van der Waals surface area contributed by atoms with E-state index in [2.05, 4.69) is 26.6 Å². The number of hydrogen-bond acceptors (Lipinski definition) is 1. The maximum atomic E-state index is 6.07. The second-order valence-corrected chi connectivity index (χ2v) is 6.20. The normalized spacial score (nSPS) is 10.2. The van der Waals surface area contributed by atoms with E-state index < -0.39 is 0 Å². The molecule has 104 valence electrons. The molecule has 0 fully saturated rings. The van der Waals surface area contributed by atoms with Crippen LogP contribution in [0.2, 0.25) is 10.0 Å². The summed E-state index contributed by atoms with van der Waals surface area (Å²) in [5.41, 5.74) is 2.64. The molecule has 0 amide bonds. The summed E-state index contributed by atoms with van der Waals surface area (Å²) in [5.74, 6) is 0. The Morgan fingerprint density at radius 3 is 2.55 bits per heavy atom. The van der Waals surface area contributed by atoms with Gasteiger partial charge in [-0.15, -0.1) is 0 Å². The van der Waals surface area contributed by atoms with Crippen molar-refractivity contribution >= 4 is 67.8 Å². The molecule has 0 aliphatic carbocycles. The highest BCUT2D eigenvalue weighted by molar-refractivity contribution is 9.10. The molecule has 0 atom stereocenters. The van der Waals surface area contributed by atoms with Crippen LogP contribution in [-0.2, 0) is 0 Å². The third-order valence-corrected chi connectivity index (χ3v) is 4.54. The Balaban J connectivity index is 2.09. The highest BCUT2D eigenvalue weighted by Gasteiger charge is 2.05. The summed E-state index contributed by atoms with van der Waals surface area (Å²) in [6.07, 6.45) is 0. The van der Waals surface area contributed by atoms with Crippen molar-refractivity contribution in [1.29, 1.82) is 0 Å². The van der Waals surface area contributed by atoms with Crippen molar-refractivity contribution in [3.63, 3.8) is 0 Å². The Bertz CT molecular complexity index is 662. The summed E-state index contributed by atoms with van der Waals surface area (Å²) in [5, 5.41) is 7.99.